The third kappa shape index (κ3) is 3.01. The first-order valence-electron chi connectivity index (χ1n) is 6.09. The van der Waals surface area contributed by atoms with Gasteiger partial charge in [-0.1, -0.05) is 13.2 Å². The van der Waals surface area contributed by atoms with Crippen LogP contribution in [0.1, 0.15) is 23.2 Å². The molecular weight excluding hydrogens is 258 g/mol. The summed E-state index contributed by atoms with van der Waals surface area (Å²) in [6.07, 6.45) is 1.99. The number of hydrogen-bond acceptors (Lipinski definition) is 3. The van der Waals surface area contributed by atoms with Gasteiger partial charge in [0, 0.05) is 28.6 Å². The van der Waals surface area contributed by atoms with E-state index in [1.165, 1.54) is 0 Å². The average Bonchev–Trinajstić information content (AvgIpc) is 2.40. The number of aromatic carboxylic acids is 1. The van der Waals surface area contributed by atoms with Crippen molar-refractivity contribution in [1.29, 1.82) is 0 Å². The van der Waals surface area contributed by atoms with Gasteiger partial charge in [0.2, 0.25) is 0 Å². The van der Waals surface area contributed by atoms with Crippen LogP contribution in [0.15, 0.2) is 53.7 Å². The lowest BCUT2D eigenvalue weighted by atomic mass is 10.1. The minimum absolute atomic E-state index is 0.317. The topological polar surface area (TPSA) is 40.5 Å². The Balaban J connectivity index is 2.07. The lowest BCUT2D eigenvalue weighted by molar-refractivity contribution is 0.0697. The number of carboxylic acid groups (broad SMARTS) is 1. The van der Waals surface area contributed by atoms with Gasteiger partial charge in [-0.25, -0.2) is 4.79 Å². The smallest absolute Gasteiger partial charge is 0.335 e. The van der Waals surface area contributed by atoms with Crippen LogP contribution in [0.5, 0.6) is 0 Å². The molecule has 19 heavy (non-hydrogen) atoms. The van der Waals surface area contributed by atoms with Gasteiger partial charge in [0.1, 0.15) is 0 Å². The first-order chi connectivity index (χ1) is 8.99. The minimum atomic E-state index is -0.894. The summed E-state index contributed by atoms with van der Waals surface area (Å²) in [4.78, 5) is 13.9. The SMILES string of the molecule is C=C1CCC(Sc2ccc(C(=O)O)cc2)C(=C)N1C. The molecule has 0 radical (unpaired) electrons. The van der Waals surface area contributed by atoms with Gasteiger partial charge in [0.15, 0.2) is 0 Å². The van der Waals surface area contributed by atoms with Crippen molar-refractivity contribution >= 4 is 17.7 Å². The van der Waals surface area contributed by atoms with Crippen LogP contribution in [-0.4, -0.2) is 28.3 Å². The summed E-state index contributed by atoms with van der Waals surface area (Å²) in [5.74, 6) is -0.894. The molecule has 1 unspecified atom stereocenters. The number of nitrogens with zero attached hydrogens (tertiary/aromatic N) is 1. The fraction of sp³-hybridized carbons (Fsp3) is 0.267. The number of hydrogen-bond donors (Lipinski definition) is 1. The maximum atomic E-state index is 10.8. The Hall–Kier alpha value is -1.68. The summed E-state index contributed by atoms with van der Waals surface area (Å²) in [6, 6.07) is 6.98. The van der Waals surface area contributed by atoms with E-state index in [2.05, 4.69) is 13.2 Å². The number of piperidine rings is 1. The number of allylic oxidation sites excluding steroid dienone is 1. The van der Waals surface area contributed by atoms with Gasteiger partial charge in [-0.05, 0) is 37.1 Å². The Morgan fingerprint density at radius 1 is 1.37 bits per heavy atom. The molecule has 4 heteroatoms. The molecule has 0 aliphatic carbocycles. The predicted molar refractivity (Wildman–Crippen MR) is 78.3 cm³/mol. The van der Waals surface area contributed by atoms with Gasteiger partial charge in [0.05, 0.1) is 5.56 Å². The molecule has 2 rings (SSSR count). The van der Waals surface area contributed by atoms with Crippen molar-refractivity contribution in [3.63, 3.8) is 0 Å². The van der Waals surface area contributed by atoms with E-state index in [9.17, 15) is 4.79 Å². The van der Waals surface area contributed by atoms with Crippen molar-refractivity contribution in [2.75, 3.05) is 7.05 Å². The summed E-state index contributed by atoms with van der Waals surface area (Å²) >= 11 is 1.72. The first-order valence-corrected chi connectivity index (χ1v) is 6.97. The molecule has 1 N–H and O–H groups in total. The van der Waals surface area contributed by atoms with E-state index in [1.54, 1.807) is 23.9 Å². The zero-order valence-corrected chi connectivity index (χ0v) is 11.7. The summed E-state index contributed by atoms with van der Waals surface area (Å²) in [5.41, 5.74) is 2.48. The lowest BCUT2D eigenvalue weighted by Crippen LogP contribution is -2.28. The van der Waals surface area contributed by atoms with Crippen LogP contribution in [0.25, 0.3) is 0 Å². The monoisotopic (exact) mass is 275 g/mol. The molecule has 1 aromatic carbocycles. The fourth-order valence-corrected chi connectivity index (χ4v) is 3.17. The molecule has 1 aromatic rings. The van der Waals surface area contributed by atoms with Crippen molar-refractivity contribution < 1.29 is 9.90 Å². The summed E-state index contributed by atoms with van der Waals surface area (Å²) in [5, 5.41) is 9.19. The van der Waals surface area contributed by atoms with E-state index in [0.717, 1.165) is 29.1 Å². The molecule has 1 saturated heterocycles. The highest BCUT2D eigenvalue weighted by Crippen LogP contribution is 2.37. The van der Waals surface area contributed by atoms with Gasteiger partial charge in [-0.2, -0.15) is 0 Å². The van der Waals surface area contributed by atoms with Gasteiger partial charge in [-0.15, -0.1) is 11.8 Å². The number of thioether (sulfide) groups is 1. The van der Waals surface area contributed by atoms with Gasteiger partial charge >= 0.3 is 5.97 Å². The second kappa shape index (κ2) is 5.53. The van der Waals surface area contributed by atoms with E-state index < -0.39 is 5.97 Å². The highest BCUT2D eigenvalue weighted by molar-refractivity contribution is 8.00. The fourth-order valence-electron chi connectivity index (χ4n) is 2.02. The molecule has 0 saturated carbocycles. The second-order valence-corrected chi connectivity index (χ2v) is 5.87. The Morgan fingerprint density at radius 2 is 2.00 bits per heavy atom. The van der Waals surface area contributed by atoms with E-state index in [-0.39, 0.29) is 0 Å². The zero-order valence-electron chi connectivity index (χ0n) is 10.9. The molecule has 1 atom stereocenters. The Labute approximate surface area is 117 Å². The number of likely N-dealkylation sites (tertiary alicyclic amines) is 1. The van der Waals surface area contributed by atoms with Crippen LogP contribution in [0.4, 0.5) is 0 Å². The van der Waals surface area contributed by atoms with E-state index in [4.69, 9.17) is 5.11 Å². The number of benzene rings is 1. The van der Waals surface area contributed by atoms with E-state index >= 15 is 0 Å². The molecule has 1 aliphatic heterocycles. The molecular formula is C15H17NO2S. The third-order valence-electron chi connectivity index (χ3n) is 3.35. The lowest BCUT2D eigenvalue weighted by Gasteiger charge is -2.35. The van der Waals surface area contributed by atoms with E-state index in [0.29, 0.717) is 10.8 Å². The van der Waals surface area contributed by atoms with Gasteiger partial charge in [-0.3, -0.25) is 0 Å². The second-order valence-electron chi connectivity index (χ2n) is 4.59. The first kappa shape index (κ1) is 13.7. The Kier molecular flexibility index (Phi) is 4.00. The number of carbonyl (C=O) groups is 1. The standard InChI is InChI=1S/C15H17NO2S/c1-10-4-9-14(11(2)16(10)3)19-13-7-5-12(6-8-13)15(17)18/h5-8,14H,1-2,4,9H2,3H3,(H,17,18). The predicted octanol–water partition coefficient (Wildman–Crippen LogP) is 3.60. The number of rotatable bonds is 3. The van der Waals surface area contributed by atoms with Crippen molar-refractivity contribution in [1.82, 2.24) is 4.90 Å². The van der Waals surface area contributed by atoms with Crippen LogP contribution >= 0.6 is 11.8 Å². The molecule has 1 fully saturated rings. The minimum Gasteiger partial charge on any atom is -0.478 e. The van der Waals surface area contributed by atoms with Crippen LogP contribution in [-0.2, 0) is 0 Å². The molecule has 3 nitrogen and oxygen atoms in total. The normalized spacial score (nSPS) is 19.6. The average molecular weight is 275 g/mol. The van der Waals surface area contributed by atoms with Crippen LogP contribution in [0, 0.1) is 0 Å². The van der Waals surface area contributed by atoms with Crippen molar-refractivity contribution in [2.45, 2.75) is 23.0 Å². The highest BCUT2D eigenvalue weighted by atomic mass is 32.2. The number of carboxylic acids is 1. The summed E-state index contributed by atoms with van der Waals surface area (Å²) < 4.78 is 0. The van der Waals surface area contributed by atoms with Crippen molar-refractivity contribution in [3.8, 4) is 0 Å². The molecule has 100 valence electrons. The van der Waals surface area contributed by atoms with E-state index in [1.807, 2.05) is 24.1 Å². The maximum absolute atomic E-state index is 10.8. The summed E-state index contributed by atoms with van der Waals surface area (Å²) in [7, 11) is 1.99. The quantitative estimate of drug-likeness (QED) is 0.915. The Bertz CT molecular complexity index is 521. The maximum Gasteiger partial charge on any atom is 0.335 e. The van der Waals surface area contributed by atoms with Crippen LogP contribution in [0.3, 0.4) is 0 Å². The van der Waals surface area contributed by atoms with Crippen molar-refractivity contribution in [2.24, 2.45) is 0 Å². The molecule has 0 amide bonds. The largest absolute Gasteiger partial charge is 0.478 e. The highest BCUT2D eigenvalue weighted by Gasteiger charge is 2.24. The molecule has 0 aromatic heterocycles. The van der Waals surface area contributed by atoms with Gasteiger partial charge < -0.3 is 10.0 Å². The van der Waals surface area contributed by atoms with Crippen LogP contribution < -0.4 is 0 Å². The molecule has 0 bridgehead atoms. The molecule has 1 heterocycles. The summed E-state index contributed by atoms with van der Waals surface area (Å²) in [6.45, 7) is 8.13. The molecule has 1 aliphatic rings. The van der Waals surface area contributed by atoms with Crippen LogP contribution in [0.2, 0.25) is 0 Å². The van der Waals surface area contributed by atoms with Gasteiger partial charge in [0.25, 0.3) is 0 Å². The third-order valence-corrected chi connectivity index (χ3v) is 4.69. The van der Waals surface area contributed by atoms with Crippen molar-refractivity contribution in [3.05, 3.63) is 54.4 Å². The zero-order chi connectivity index (χ0) is 14.0. The molecule has 0 spiro atoms. The Morgan fingerprint density at radius 3 is 2.58 bits per heavy atom.